The average molecular weight is 360 g/mol. The molecule has 0 bridgehead atoms. The minimum atomic E-state index is -5.02. The van der Waals surface area contributed by atoms with Gasteiger partial charge in [-0.25, -0.2) is 0 Å². The number of rotatable bonds is 3. The first kappa shape index (κ1) is 18.3. The van der Waals surface area contributed by atoms with Crippen LogP contribution in [0.5, 0.6) is 0 Å². The Balaban J connectivity index is 3.03. The molecule has 0 nitrogen and oxygen atoms in total. The zero-order valence-electron chi connectivity index (χ0n) is 9.66. The van der Waals surface area contributed by atoms with Gasteiger partial charge in [0.15, 0.2) is 0 Å². The van der Waals surface area contributed by atoms with Crippen LogP contribution in [0.25, 0.3) is 0 Å². The molecule has 0 aromatic heterocycles. The van der Waals surface area contributed by atoms with Gasteiger partial charge in [-0.1, -0.05) is 0 Å². The molecule has 0 spiro atoms. The fourth-order valence-corrected chi connectivity index (χ4v) is 2.91. The summed E-state index contributed by atoms with van der Waals surface area (Å²) >= 11 is -0.294. The average Bonchev–Trinajstić information content (AvgIpc) is 2.24. The number of hydrogen-bond acceptors (Lipinski definition) is 2. The molecule has 21 heavy (non-hydrogen) atoms. The van der Waals surface area contributed by atoms with E-state index in [0.717, 1.165) is 0 Å². The van der Waals surface area contributed by atoms with Crippen molar-refractivity contribution in [2.24, 2.45) is 0 Å². The van der Waals surface area contributed by atoms with Crippen molar-refractivity contribution in [3.05, 3.63) is 29.3 Å². The quantitative estimate of drug-likeness (QED) is 0.367. The number of thioether (sulfide) groups is 2. The van der Waals surface area contributed by atoms with Crippen LogP contribution in [0.4, 0.5) is 39.5 Å². The Kier molecular flexibility index (Phi) is 5.40. The van der Waals surface area contributed by atoms with Crippen molar-refractivity contribution in [2.45, 2.75) is 22.8 Å². The lowest BCUT2D eigenvalue weighted by Gasteiger charge is -2.14. The summed E-state index contributed by atoms with van der Waals surface area (Å²) in [5, 5.41) is -0.748. The molecule has 0 saturated carbocycles. The highest BCUT2D eigenvalue weighted by Crippen LogP contribution is 2.40. The van der Waals surface area contributed by atoms with Gasteiger partial charge in [-0.05, 0) is 30.0 Å². The molecule has 1 rings (SSSR count). The smallest absolute Gasteiger partial charge is 0.166 e. The molecule has 0 N–H and O–H groups in total. The lowest BCUT2D eigenvalue weighted by atomic mass is 10.1. The van der Waals surface area contributed by atoms with Gasteiger partial charge in [0.1, 0.15) is 0 Å². The first-order valence-corrected chi connectivity index (χ1v) is 6.89. The molecule has 1 aromatic rings. The van der Waals surface area contributed by atoms with E-state index in [9.17, 15) is 39.5 Å². The van der Waals surface area contributed by atoms with Crippen LogP contribution in [-0.2, 0) is 12.4 Å². The maximum Gasteiger partial charge on any atom is 0.442 e. The summed E-state index contributed by atoms with van der Waals surface area (Å²) < 4.78 is 111. The Hall–Kier alpha value is -0.710. The molecule has 0 fully saturated rings. The first-order valence-electron chi connectivity index (χ1n) is 4.92. The standard InChI is InChI=1S/C10H5F9S2/c11-8(12,13)5-1-6(9(14,15)16)3-7(2-5)20-4-21-10(17,18)19/h1-3H,4H2. The van der Waals surface area contributed by atoms with Crippen molar-refractivity contribution in [1.82, 2.24) is 0 Å². The normalized spacial score (nSPS) is 13.6. The molecular weight excluding hydrogens is 355 g/mol. The van der Waals surface area contributed by atoms with Crippen LogP contribution < -0.4 is 0 Å². The molecule has 1 aromatic carbocycles. The van der Waals surface area contributed by atoms with Crippen molar-refractivity contribution >= 4 is 23.5 Å². The molecule has 0 aliphatic rings. The van der Waals surface area contributed by atoms with Gasteiger partial charge >= 0.3 is 17.9 Å². The van der Waals surface area contributed by atoms with Gasteiger partial charge in [0.25, 0.3) is 0 Å². The third kappa shape index (κ3) is 6.29. The van der Waals surface area contributed by atoms with Crippen LogP contribution >= 0.6 is 23.5 Å². The van der Waals surface area contributed by atoms with Crippen molar-refractivity contribution < 1.29 is 39.5 Å². The minimum Gasteiger partial charge on any atom is -0.166 e. The molecule has 120 valence electrons. The number of alkyl halides is 9. The summed E-state index contributed by atoms with van der Waals surface area (Å²) in [6.45, 7) is 0. The Morgan fingerprint density at radius 1 is 0.714 bits per heavy atom. The second kappa shape index (κ2) is 6.19. The van der Waals surface area contributed by atoms with Crippen molar-refractivity contribution in [3.63, 3.8) is 0 Å². The van der Waals surface area contributed by atoms with Gasteiger partial charge in [0.2, 0.25) is 0 Å². The second-order valence-corrected chi connectivity index (χ2v) is 6.05. The van der Waals surface area contributed by atoms with Gasteiger partial charge in [-0.2, -0.15) is 39.5 Å². The van der Waals surface area contributed by atoms with Crippen LogP contribution in [-0.4, -0.2) is 10.6 Å². The summed E-state index contributed by atoms with van der Waals surface area (Å²) in [5.74, 6) is 0. The van der Waals surface area contributed by atoms with E-state index in [1.165, 1.54) is 0 Å². The highest BCUT2D eigenvalue weighted by atomic mass is 32.2. The largest absolute Gasteiger partial charge is 0.442 e. The highest BCUT2D eigenvalue weighted by molar-refractivity contribution is 8.16. The first-order chi connectivity index (χ1) is 9.29. The molecule has 0 heterocycles. The SMILES string of the molecule is FC(F)(F)SCSc1cc(C(F)(F)F)cc(C(F)(F)F)c1. The predicted molar refractivity (Wildman–Crippen MR) is 60.8 cm³/mol. The molecular formula is C10H5F9S2. The number of benzene rings is 1. The molecule has 0 unspecified atom stereocenters. The number of halogens is 9. The lowest BCUT2D eigenvalue weighted by molar-refractivity contribution is -0.143. The highest BCUT2D eigenvalue weighted by Gasteiger charge is 2.37. The van der Waals surface area contributed by atoms with Gasteiger partial charge < -0.3 is 0 Å². The van der Waals surface area contributed by atoms with E-state index in [0.29, 0.717) is 12.1 Å². The predicted octanol–water partition coefficient (Wildman–Crippen LogP) is 6.03. The maximum absolute atomic E-state index is 12.5. The Morgan fingerprint density at radius 3 is 1.48 bits per heavy atom. The van der Waals surface area contributed by atoms with E-state index >= 15 is 0 Å². The van der Waals surface area contributed by atoms with Gasteiger partial charge in [-0.15, -0.1) is 11.8 Å². The maximum atomic E-state index is 12.5. The second-order valence-electron chi connectivity index (χ2n) is 3.59. The molecule has 0 saturated heterocycles. The summed E-state index contributed by atoms with van der Waals surface area (Å²) in [6.07, 6.45) is -10.0. The van der Waals surface area contributed by atoms with E-state index < -0.39 is 50.7 Å². The third-order valence-corrected chi connectivity index (χ3v) is 3.85. The summed E-state index contributed by atoms with van der Waals surface area (Å²) in [7, 11) is 0. The minimum absolute atomic E-state index is 0.0824. The Morgan fingerprint density at radius 2 is 1.14 bits per heavy atom. The van der Waals surface area contributed by atoms with Gasteiger partial charge in [-0.3, -0.25) is 0 Å². The van der Waals surface area contributed by atoms with E-state index in [2.05, 4.69) is 0 Å². The molecule has 0 radical (unpaired) electrons. The Bertz CT molecular complexity index is 455. The van der Waals surface area contributed by atoms with E-state index in [1.54, 1.807) is 0 Å². The third-order valence-electron chi connectivity index (χ3n) is 2.01. The number of hydrogen-bond donors (Lipinski definition) is 0. The summed E-state index contributed by atoms with van der Waals surface area (Å²) in [4.78, 5) is -0.533. The van der Waals surface area contributed by atoms with Gasteiger partial charge in [0, 0.05) is 4.90 Å². The van der Waals surface area contributed by atoms with Gasteiger partial charge in [0.05, 0.1) is 16.2 Å². The monoisotopic (exact) mass is 360 g/mol. The van der Waals surface area contributed by atoms with Crippen LogP contribution in [0.15, 0.2) is 23.1 Å². The van der Waals surface area contributed by atoms with Crippen molar-refractivity contribution in [3.8, 4) is 0 Å². The summed E-state index contributed by atoms with van der Waals surface area (Å²) in [6, 6.07) is 0.689. The molecule has 11 heteroatoms. The van der Waals surface area contributed by atoms with Crippen molar-refractivity contribution in [1.29, 1.82) is 0 Å². The summed E-state index contributed by atoms with van der Waals surface area (Å²) in [5.41, 5.74) is -7.73. The molecule has 0 aliphatic carbocycles. The fraction of sp³-hybridized carbons (Fsp3) is 0.400. The molecule has 0 atom stereocenters. The van der Waals surface area contributed by atoms with Crippen molar-refractivity contribution in [2.75, 3.05) is 5.08 Å². The van der Waals surface area contributed by atoms with Crippen LogP contribution in [0.3, 0.4) is 0 Å². The zero-order chi connectivity index (χ0) is 16.5. The van der Waals surface area contributed by atoms with Crippen LogP contribution in [0, 0.1) is 0 Å². The van der Waals surface area contributed by atoms with E-state index in [4.69, 9.17) is 0 Å². The lowest BCUT2D eigenvalue weighted by Crippen LogP contribution is -2.11. The zero-order valence-corrected chi connectivity index (χ0v) is 11.3. The van der Waals surface area contributed by atoms with Crippen LogP contribution in [0.2, 0.25) is 0 Å². The topological polar surface area (TPSA) is 0 Å². The Labute approximate surface area is 121 Å². The van der Waals surface area contributed by atoms with Crippen LogP contribution in [0.1, 0.15) is 11.1 Å². The molecule has 0 aliphatic heterocycles. The van der Waals surface area contributed by atoms with E-state index in [1.807, 2.05) is 0 Å². The van der Waals surface area contributed by atoms with E-state index in [-0.39, 0.29) is 17.8 Å². The molecule has 0 amide bonds. The fourth-order valence-electron chi connectivity index (χ4n) is 1.17.